The van der Waals surface area contributed by atoms with Crippen molar-refractivity contribution in [2.75, 3.05) is 21.3 Å². The molecule has 8 nitrogen and oxygen atoms in total. The lowest BCUT2D eigenvalue weighted by Crippen LogP contribution is -2.15. The average Bonchev–Trinajstić information content (AvgIpc) is 3.44. The summed E-state index contributed by atoms with van der Waals surface area (Å²) in [5.41, 5.74) is 4.42. The van der Waals surface area contributed by atoms with E-state index in [1.165, 1.54) is 0 Å². The summed E-state index contributed by atoms with van der Waals surface area (Å²) < 4.78 is 24.7. The van der Waals surface area contributed by atoms with Crippen molar-refractivity contribution in [3.63, 3.8) is 0 Å². The van der Waals surface area contributed by atoms with E-state index < -0.39 is 0 Å². The van der Waals surface area contributed by atoms with Crippen molar-refractivity contribution in [2.24, 2.45) is 0 Å². The zero-order chi connectivity index (χ0) is 26.5. The molecule has 0 unspecified atom stereocenters. The van der Waals surface area contributed by atoms with E-state index in [1.54, 1.807) is 32.2 Å². The van der Waals surface area contributed by atoms with Gasteiger partial charge in [0, 0.05) is 17.0 Å². The van der Waals surface area contributed by atoms with Gasteiger partial charge in [-0.3, -0.25) is 0 Å². The number of nitrogens with zero attached hydrogens (tertiary/aromatic N) is 4. The lowest BCUT2D eigenvalue weighted by Gasteiger charge is -2.29. The van der Waals surface area contributed by atoms with Crippen molar-refractivity contribution < 1.29 is 18.9 Å². The molecule has 4 aromatic carbocycles. The summed E-state index contributed by atoms with van der Waals surface area (Å²) in [7, 11) is 4.92. The summed E-state index contributed by atoms with van der Waals surface area (Å²) in [6.45, 7) is 0. The summed E-state index contributed by atoms with van der Waals surface area (Å²) in [6.07, 6.45) is 1.64. The number of methoxy groups -OCH3 is 3. The standard InChI is InChI=1S/C31H24N4O4/c1-36-21-12-8-19(9-13-21)29-33-30-28-26(20-11-14-23(37-2)25(16-20)38-3)27-22-7-5-4-6-18(22)10-15-24(27)39-31(28)32-17-35(30)34-29/h4-17,26H,1-3H3/t26-/m0/s1. The molecule has 3 heterocycles. The molecule has 1 aliphatic rings. The van der Waals surface area contributed by atoms with Crippen molar-refractivity contribution >= 4 is 16.4 Å². The number of ether oxygens (including phenoxy) is 4. The lowest BCUT2D eigenvalue weighted by atomic mass is 9.81. The molecular weight excluding hydrogens is 492 g/mol. The van der Waals surface area contributed by atoms with E-state index in [-0.39, 0.29) is 5.92 Å². The second-order valence-electron chi connectivity index (χ2n) is 9.24. The molecular formula is C31H24N4O4. The Bertz CT molecular complexity index is 1860. The molecule has 8 heteroatoms. The predicted molar refractivity (Wildman–Crippen MR) is 147 cm³/mol. The summed E-state index contributed by atoms with van der Waals surface area (Å²) in [6, 6.07) is 26.1. The smallest absolute Gasteiger partial charge is 0.228 e. The van der Waals surface area contributed by atoms with Crippen molar-refractivity contribution in [3.05, 3.63) is 102 Å². The average molecular weight is 517 g/mol. The van der Waals surface area contributed by atoms with Gasteiger partial charge in [0.25, 0.3) is 0 Å². The third-order valence-corrected chi connectivity index (χ3v) is 7.19. The van der Waals surface area contributed by atoms with Gasteiger partial charge in [-0.15, -0.1) is 5.10 Å². The first-order valence-electron chi connectivity index (χ1n) is 12.5. The van der Waals surface area contributed by atoms with Crippen LogP contribution in [-0.4, -0.2) is 40.9 Å². The van der Waals surface area contributed by atoms with Crippen LogP contribution in [0.5, 0.6) is 28.9 Å². The van der Waals surface area contributed by atoms with E-state index >= 15 is 0 Å². The summed E-state index contributed by atoms with van der Waals surface area (Å²) in [4.78, 5) is 9.67. The molecule has 0 N–H and O–H groups in total. The molecule has 192 valence electrons. The second-order valence-corrected chi connectivity index (χ2v) is 9.24. The topological polar surface area (TPSA) is 80.0 Å². The quantitative estimate of drug-likeness (QED) is 0.267. The van der Waals surface area contributed by atoms with E-state index in [1.807, 2.05) is 54.6 Å². The molecule has 7 rings (SSSR count). The minimum atomic E-state index is -0.251. The van der Waals surface area contributed by atoms with E-state index in [0.29, 0.717) is 28.9 Å². The van der Waals surface area contributed by atoms with Gasteiger partial charge >= 0.3 is 0 Å². The minimum Gasteiger partial charge on any atom is -0.497 e. The van der Waals surface area contributed by atoms with Crippen LogP contribution in [0.1, 0.15) is 22.6 Å². The highest BCUT2D eigenvalue weighted by atomic mass is 16.5. The van der Waals surface area contributed by atoms with Crippen LogP contribution in [0.25, 0.3) is 27.8 Å². The van der Waals surface area contributed by atoms with Crippen LogP contribution in [0.4, 0.5) is 0 Å². The van der Waals surface area contributed by atoms with E-state index in [9.17, 15) is 0 Å². The van der Waals surface area contributed by atoms with E-state index in [4.69, 9.17) is 29.0 Å². The van der Waals surface area contributed by atoms with Crippen LogP contribution in [0.3, 0.4) is 0 Å². The minimum absolute atomic E-state index is 0.251. The first-order chi connectivity index (χ1) is 19.2. The lowest BCUT2D eigenvalue weighted by molar-refractivity contribution is 0.354. The maximum atomic E-state index is 6.43. The van der Waals surface area contributed by atoms with Crippen molar-refractivity contribution in [1.82, 2.24) is 19.6 Å². The highest BCUT2D eigenvalue weighted by Gasteiger charge is 2.35. The fraction of sp³-hybridized carbons (Fsp3) is 0.129. The molecule has 0 radical (unpaired) electrons. The molecule has 0 saturated carbocycles. The normalized spacial score (nSPS) is 14.0. The second kappa shape index (κ2) is 9.02. The highest BCUT2D eigenvalue weighted by molar-refractivity contribution is 5.91. The zero-order valence-corrected chi connectivity index (χ0v) is 21.6. The molecule has 0 amide bonds. The maximum Gasteiger partial charge on any atom is 0.228 e. The number of benzene rings is 4. The Hall–Kier alpha value is -5.11. The molecule has 1 aliphatic heterocycles. The van der Waals surface area contributed by atoms with Crippen LogP contribution in [0.15, 0.2) is 85.2 Å². The molecule has 0 fully saturated rings. The Morgan fingerprint density at radius 1 is 0.795 bits per heavy atom. The molecule has 0 spiro atoms. The van der Waals surface area contributed by atoms with Gasteiger partial charge in [-0.25, -0.2) is 14.5 Å². The van der Waals surface area contributed by atoms with Gasteiger partial charge in [0.05, 0.1) is 26.9 Å². The molecule has 1 atom stereocenters. The van der Waals surface area contributed by atoms with Gasteiger partial charge in [0.1, 0.15) is 17.8 Å². The summed E-state index contributed by atoms with van der Waals surface area (Å²) in [5, 5.41) is 6.97. The van der Waals surface area contributed by atoms with Crippen molar-refractivity contribution in [3.8, 4) is 40.3 Å². The first kappa shape index (κ1) is 23.0. The van der Waals surface area contributed by atoms with Gasteiger partial charge in [-0.2, -0.15) is 0 Å². The molecule has 6 aromatic rings. The molecule has 39 heavy (non-hydrogen) atoms. The third-order valence-electron chi connectivity index (χ3n) is 7.19. The number of hydrogen-bond donors (Lipinski definition) is 0. The Balaban J connectivity index is 1.50. The zero-order valence-electron chi connectivity index (χ0n) is 21.6. The van der Waals surface area contributed by atoms with Crippen molar-refractivity contribution in [2.45, 2.75) is 5.92 Å². The van der Waals surface area contributed by atoms with Gasteiger partial charge < -0.3 is 18.9 Å². The SMILES string of the molecule is COc1ccc(-c2nc3c4c(ncn3n2)Oc2ccc3ccccc3c2[C@@H]4c2ccc(OC)c(OC)c2)cc1. The molecule has 0 bridgehead atoms. The molecule has 0 aliphatic carbocycles. The van der Waals surface area contributed by atoms with Gasteiger partial charge in [-0.05, 0) is 58.8 Å². The van der Waals surface area contributed by atoms with E-state index in [0.717, 1.165) is 44.5 Å². The first-order valence-corrected chi connectivity index (χ1v) is 12.5. The maximum absolute atomic E-state index is 6.43. The Labute approximate surface area is 224 Å². The summed E-state index contributed by atoms with van der Waals surface area (Å²) >= 11 is 0. The van der Waals surface area contributed by atoms with Crippen molar-refractivity contribution in [1.29, 1.82) is 0 Å². The largest absolute Gasteiger partial charge is 0.497 e. The Morgan fingerprint density at radius 3 is 2.41 bits per heavy atom. The van der Waals surface area contributed by atoms with Gasteiger partial charge in [-0.1, -0.05) is 36.4 Å². The molecule has 2 aromatic heterocycles. The fourth-order valence-electron chi connectivity index (χ4n) is 5.33. The summed E-state index contributed by atoms with van der Waals surface area (Å²) in [5.74, 6) is 3.66. The third kappa shape index (κ3) is 3.64. The van der Waals surface area contributed by atoms with E-state index in [2.05, 4.69) is 29.2 Å². The van der Waals surface area contributed by atoms with Crippen LogP contribution in [0.2, 0.25) is 0 Å². The van der Waals surface area contributed by atoms with Crippen LogP contribution < -0.4 is 18.9 Å². The predicted octanol–water partition coefficient (Wildman–Crippen LogP) is 6.26. The fourth-order valence-corrected chi connectivity index (χ4v) is 5.33. The Morgan fingerprint density at radius 2 is 1.62 bits per heavy atom. The van der Waals surface area contributed by atoms with Crippen LogP contribution in [0, 0.1) is 0 Å². The van der Waals surface area contributed by atoms with Gasteiger partial charge in [0.15, 0.2) is 23.0 Å². The number of rotatable bonds is 5. The number of hydrogen-bond acceptors (Lipinski definition) is 7. The van der Waals surface area contributed by atoms with Crippen LogP contribution >= 0.6 is 0 Å². The van der Waals surface area contributed by atoms with Gasteiger partial charge in [0.2, 0.25) is 5.88 Å². The molecule has 0 saturated heterocycles. The monoisotopic (exact) mass is 516 g/mol. The van der Waals surface area contributed by atoms with Crippen LogP contribution in [-0.2, 0) is 0 Å². The Kier molecular flexibility index (Phi) is 5.33. The number of aromatic nitrogens is 4. The highest BCUT2D eigenvalue weighted by Crippen LogP contribution is 2.51. The number of fused-ring (bicyclic) bond motifs is 6.